The normalized spacial score (nSPS) is 15.7. The number of halogens is 7. The minimum absolute atomic E-state index is 0.0344. The number of nitrogens with zero attached hydrogens (tertiary/aromatic N) is 1. The molecule has 0 bridgehead atoms. The number of amides is 1. The van der Waals surface area contributed by atoms with E-state index in [2.05, 4.69) is 16.3 Å². The molecule has 1 aliphatic rings. The largest absolute Gasteiger partial charge is 0.483 e. The first-order valence-electron chi connectivity index (χ1n) is 15.0. The Morgan fingerprint density at radius 3 is 2.16 bits per heavy atom. The van der Waals surface area contributed by atoms with E-state index >= 15 is 0 Å². The van der Waals surface area contributed by atoms with Gasteiger partial charge in [0.1, 0.15) is 6.10 Å². The molecular weight excluding hydrogens is 601 g/mol. The van der Waals surface area contributed by atoms with Gasteiger partial charge in [0.15, 0.2) is 11.6 Å². The van der Waals surface area contributed by atoms with Crippen molar-refractivity contribution in [3.63, 3.8) is 0 Å². The minimum atomic E-state index is -4.71. The Morgan fingerprint density at radius 2 is 1.53 bits per heavy atom. The quantitative estimate of drug-likeness (QED) is 0.168. The molecule has 3 aromatic rings. The summed E-state index contributed by atoms with van der Waals surface area (Å²) in [6.45, 7) is 6.16. The third-order valence-corrected chi connectivity index (χ3v) is 8.07. The topological polar surface area (TPSA) is 41.6 Å². The number of alkyl halides is 6. The Morgan fingerprint density at radius 1 is 0.889 bits per heavy atom. The molecule has 1 unspecified atom stereocenters. The SMILES string of the molecule is CC(C)C(=O)Nc1cccc(C2CCN(CCCCC(Oc3cc(C(F)(F)F)ccc3F)c3ccc(C(F)(F)F)cc3)CC2)c1. The maximum absolute atomic E-state index is 14.5. The molecule has 1 aliphatic heterocycles. The van der Waals surface area contributed by atoms with Crippen molar-refractivity contribution >= 4 is 11.6 Å². The Balaban J connectivity index is 1.34. The van der Waals surface area contributed by atoms with E-state index in [9.17, 15) is 35.5 Å². The van der Waals surface area contributed by atoms with Gasteiger partial charge in [0.25, 0.3) is 0 Å². The molecule has 1 heterocycles. The lowest BCUT2D eigenvalue weighted by Crippen LogP contribution is -2.33. The van der Waals surface area contributed by atoms with Crippen LogP contribution >= 0.6 is 0 Å². The zero-order chi connectivity index (χ0) is 32.8. The molecule has 1 atom stereocenters. The maximum atomic E-state index is 14.5. The van der Waals surface area contributed by atoms with Crippen LogP contribution in [0.3, 0.4) is 0 Å². The van der Waals surface area contributed by atoms with Crippen molar-refractivity contribution in [2.24, 2.45) is 5.92 Å². The second-order valence-electron chi connectivity index (χ2n) is 11.8. The average molecular weight is 639 g/mol. The van der Waals surface area contributed by atoms with E-state index in [-0.39, 0.29) is 18.2 Å². The summed E-state index contributed by atoms with van der Waals surface area (Å²) in [7, 11) is 0. The Kier molecular flexibility index (Phi) is 11.2. The van der Waals surface area contributed by atoms with Crippen molar-refractivity contribution in [3.8, 4) is 5.75 Å². The van der Waals surface area contributed by atoms with E-state index < -0.39 is 41.2 Å². The first-order chi connectivity index (χ1) is 21.2. The van der Waals surface area contributed by atoms with E-state index in [1.54, 1.807) is 0 Å². The number of hydrogen-bond donors (Lipinski definition) is 1. The smallest absolute Gasteiger partial charge is 0.416 e. The summed E-state index contributed by atoms with van der Waals surface area (Å²) >= 11 is 0. The summed E-state index contributed by atoms with van der Waals surface area (Å²) in [6, 6.07) is 14.0. The van der Waals surface area contributed by atoms with Crippen LogP contribution in [0.2, 0.25) is 0 Å². The molecule has 1 N–H and O–H groups in total. The van der Waals surface area contributed by atoms with Crippen LogP contribution in [0, 0.1) is 11.7 Å². The van der Waals surface area contributed by atoms with Gasteiger partial charge in [-0.3, -0.25) is 4.79 Å². The lowest BCUT2D eigenvalue weighted by Gasteiger charge is -2.32. The molecule has 0 saturated carbocycles. The number of benzene rings is 3. The summed E-state index contributed by atoms with van der Waals surface area (Å²) in [4.78, 5) is 14.4. The highest BCUT2D eigenvalue weighted by atomic mass is 19.4. The van der Waals surface area contributed by atoms with Crippen LogP contribution in [0.15, 0.2) is 66.7 Å². The van der Waals surface area contributed by atoms with Crippen molar-refractivity contribution in [1.29, 1.82) is 0 Å². The molecule has 0 aromatic heterocycles. The number of unbranched alkanes of at least 4 members (excludes halogenated alkanes) is 1. The third kappa shape index (κ3) is 9.69. The predicted molar refractivity (Wildman–Crippen MR) is 158 cm³/mol. The summed E-state index contributed by atoms with van der Waals surface area (Å²) in [5, 5.41) is 2.94. The van der Waals surface area contributed by atoms with Gasteiger partial charge in [-0.25, -0.2) is 4.39 Å². The standard InChI is InChI=1S/C34H37F7N2O2/c1-22(2)32(44)42-28-7-5-6-25(20-28)23-15-18-43(19-16-23)17-4-3-8-30(24-9-11-26(12-10-24)33(36,37)38)45-31-21-27(34(39,40)41)13-14-29(31)35/h5-7,9-14,20-23,30H,3-4,8,15-19H2,1-2H3,(H,42,44). The van der Waals surface area contributed by atoms with Gasteiger partial charge in [0.05, 0.1) is 11.1 Å². The van der Waals surface area contributed by atoms with E-state index in [1.807, 2.05) is 32.0 Å². The number of carbonyl (C=O) groups excluding carboxylic acids is 1. The van der Waals surface area contributed by atoms with Gasteiger partial charge in [-0.05, 0) is 111 Å². The van der Waals surface area contributed by atoms with Crippen LogP contribution < -0.4 is 10.1 Å². The van der Waals surface area contributed by atoms with E-state index in [0.717, 1.165) is 50.3 Å². The van der Waals surface area contributed by atoms with E-state index in [0.29, 0.717) is 42.5 Å². The van der Waals surface area contributed by atoms with Gasteiger partial charge in [-0.15, -0.1) is 0 Å². The van der Waals surface area contributed by atoms with Crippen LogP contribution in [0.25, 0.3) is 0 Å². The van der Waals surface area contributed by atoms with Gasteiger partial charge >= 0.3 is 12.4 Å². The molecular formula is C34H37F7N2O2. The molecule has 1 amide bonds. The van der Waals surface area contributed by atoms with Crippen molar-refractivity contribution in [2.45, 2.75) is 70.3 Å². The number of likely N-dealkylation sites (tertiary alicyclic amines) is 1. The van der Waals surface area contributed by atoms with E-state index in [1.165, 1.54) is 17.7 Å². The highest BCUT2D eigenvalue weighted by molar-refractivity contribution is 5.92. The number of nitrogens with one attached hydrogen (secondary N) is 1. The highest BCUT2D eigenvalue weighted by Crippen LogP contribution is 2.37. The molecule has 1 fully saturated rings. The summed E-state index contributed by atoms with van der Waals surface area (Å²) in [6.07, 6.45) is -6.79. The molecule has 4 rings (SSSR count). The Hall–Kier alpha value is -3.60. The van der Waals surface area contributed by atoms with Gasteiger partial charge in [0, 0.05) is 11.6 Å². The van der Waals surface area contributed by atoms with Crippen molar-refractivity contribution in [3.05, 3.63) is 94.8 Å². The first-order valence-corrected chi connectivity index (χ1v) is 15.0. The zero-order valence-corrected chi connectivity index (χ0v) is 25.1. The van der Waals surface area contributed by atoms with Gasteiger partial charge in [-0.2, -0.15) is 26.3 Å². The van der Waals surface area contributed by atoms with Crippen molar-refractivity contribution in [2.75, 3.05) is 25.0 Å². The Labute approximate surface area is 258 Å². The molecule has 4 nitrogen and oxygen atoms in total. The molecule has 0 radical (unpaired) electrons. The fourth-order valence-electron chi connectivity index (χ4n) is 5.42. The monoisotopic (exact) mass is 638 g/mol. The molecule has 11 heteroatoms. The fraction of sp³-hybridized carbons (Fsp3) is 0.441. The Bertz CT molecular complexity index is 1410. The summed E-state index contributed by atoms with van der Waals surface area (Å²) < 4.78 is 99.2. The van der Waals surface area contributed by atoms with E-state index in [4.69, 9.17) is 4.74 Å². The van der Waals surface area contributed by atoms with Crippen molar-refractivity contribution < 1.29 is 40.3 Å². The third-order valence-electron chi connectivity index (χ3n) is 8.07. The molecule has 244 valence electrons. The van der Waals surface area contributed by atoms with Crippen LogP contribution in [0.5, 0.6) is 5.75 Å². The van der Waals surface area contributed by atoms with Crippen LogP contribution in [0.4, 0.5) is 36.4 Å². The molecule has 1 saturated heterocycles. The number of carbonyl (C=O) groups is 1. The molecule has 45 heavy (non-hydrogen) atoms. The van der Waals surface area contributed by atoms with Gasteiger partial charge < -0.3 is 15.0 Å². The van der Waals surface area contributed by atoms with Gasteiger partial charge in [0.2, 0.25) is 5.91 Å². The second kappa shape index (κ2) is 14.7. The predicted octanol–water partition coefficient (Wildman–Crippen LogP) is 9.63. The van der Waals surface area contributed by atoms with Gasteiger partial charge in [-0.1, -0.05) is 38.1 Å². The summed E-state index contributed by atoms with van der Waals surface area (Å²) in [5.41, 5.74) is 0.316. The second-order valence-corrected chi connectivity index (χ2v) is 11.8. The lowest BCUT2D eigenvalue weighted by atomic mass is 9.89. The van der Waals surface area contributed by atoms with Crippen LogP contribution in [-0.4, -0.2) is 30.4 Å². The molecule has 0 spiro atoms. The number of piperidine rings is 1. The fourth-order valence-corrected chi connectivity index (χ4v) is 5.42. The number of ether oxygens (including phenoxy) is 1. The molecule has 0 aliphatic carbocycles. The first kappa shape index (κ1) is 34.3. The maximum Gasteiger partial charge on any atom is 0.416 e. The minimum Gasteiger partial charge on any atom is -0.483 e. The number of hydrogen-bond acceptors (Lipinski definition) is 3. The van der Waals surface area contributed by atoms with Crippen LogP contribution in [-0.2, 0) is 17.1 Å². The van der Waals surface area contributed by atoms with Crippen molar-refractivity contribution in [1.82, 2.24) is 4.90 Å². The molecule has 3 aromatic carbocycles. The number of rotatable bonds is 11. The lowest BCUT2D eigenvalue weighted by molar-refractivity contribution is -0.138. The summed E-state index contributed by atoms with van der Waals surface area (Å²) in [5.74, 6) is -1.39. The zero-order valence-electron chi connectivity index (χ0n) is 25.1. The van der Waals surface area contributed by atoms with Crippen LogP contribution in [0.1, 0.15) is 80.2 Å². The number of anilines is 1. The highest BCUT2D eigenvalue weighted by Gasteiger charge is 2.33. The average Bonchev–Trinajstić information content (AvgIpc) is 2.99.